The van der Waals surface area contributed by atoms with Gasteiger partial charge in [0.15, 0.2) is 0 Å². The average Bonchev–Trinajstić information content (AvgIpc) is 2.46. The van der Waals surface area contributed by atoms with E-state index in [0.29, 0.717) is 0 Å². The Morgan fingerprint density at radius 3 is 1.79 bits per heavy atom. The maximum atomic E-state index is 2.64. The summed E-state index contributed by atoms with van der Waals surface area (Å²) in [5.74, 6) is 3.65. The van der Waals surface area contributed by atoms with Crippen LogP contribution < -0.4 is 0 Å². The van der Waals surface area contributed by atoms with Crippen molar-refractivity contribution in [3.8, 4) is 0 Å². The Morgan fingerprint density at radius 1 is 0.792 bits per heavy atom. The normalized spacial score (nSPS) is 29.9. The lowest BCUT2D eigenvalue weighted by Gasteiger charge is -2.37. The summed E-state index contributed by atoms with van der Waals surface area (Å²) < 4.78 is 0. The highest BCUT2D eigenvalue weighted by atomic mass is 15.2. The number of likely N-dealkylation sites (tertiary alicyclic amines) is 2. The van der Waals surface area contributed by atoms with E-state index in [4.69, 9.17) is 0 Å². The lowest BCUT2D eigenvalue weighted by atomic mass is 9.89. The maximum Gasteiger partial charge on any atom is 0.00388 e. The first kappa shape index (κ1) is 22.0. The quantitative estimate of drug-likeness (QED) is 0.665. The number of piperidine rings is 2. The SMILES string of the molecule is CC(C)CC1CCCN(C(C)C)C1.CC1CC(C)CN(C(C)C)C1. The second-order valence-electron chi connectivity index (χ2n) is 9.72. The van der Waals surface area contributed by atoms with Gasteiger partial charge in [-0.3, -0.25) is 0 Å². The van der Waals surface area contributed by atoms with Crippen molar-refractivity contribution in [2.75, 3.05) is 26.2 Å². The minimum absolute atomic E-state index is 0.736. The molecule has 0 radical (unpaired) electrons. The summed E-state index contributed by atoms with van der Waals surface area (Å²) in [4.78, 5) is 5.23. The van der Waals surface area contributed by atoms with Crippen LogP contribution in [-0.4, -0.2) is 48.1 Å². The summed E-state index contributed by atoms with van der Waals surface area (Å²) in [6.07, 6.45) is 5.71. The molecule has 2 rings (SSSR count). The van der Waals surface area contributed by atoms with Crippen LogP contribution in [0.15, 0.2) is 0 Å². The van der Waals surface area contributed by atoms with Gasteiger partial charge in [-0.25, -0.2) is 0 Å². The van der Waals surface area contributed by atoms with E-state index < -0.39 is 0 Å². The third-order valence-electron chi connectivity index (χ3n) is 5.71. The van der Waals surface area contributed by atoms with Gasteiger partial charge in [0.2, 0.25) is 0 Å². The van der Waals surface area contributed by atoms with Crippen LogP contribution in [0.5, 0.6) is 0 Å². The molecule has 0 aromatic carbocycles. The molecule has 0 N–H and O–H groups in total. The Labute approximate surface area is 153 Å². The van der Waals surface area contributed by atoms with Crippen molar-refractivity contribution >= 4 is 0 Å². The lowest BCUT2D eigenvalue weighted by Crippen LogP contribution is -2.42. The van der Waals surface area contributed by atoms with E-state index in [2.05, 4.69) is 65.2 Å². The van der Waals surface area contributed by atoms with Gasteiger partial charge in [0.1, 0.15) is 0 Å². The molecule has 144 valence electrons. The zero-order valence-electron chi connectivity index (χ0n) is 18.0. The summed E-state index contributed by atoms with van der Waals surface area (Å²) in [5, 5.41) is 0. The van der Waals surface area contributed by atoms with Gasteiger partial charge >= 0.3 is 0 Å². The molecule has 2 heterocycles. The van der Waals surface area contributed by atoms with Crippen molar-refractivity contribution in [3.63, 3.8) is 0 Å². The molecule has 2 aliphatic heterocycles. The van der Waals surface area contributed by atoms with Gasteiger partial charge in [-0.05, 0) is 83.6 Å². The predicted molar refractivity (Wildman–Crippen MR) is 109 cm³/mol. The van der Waals surface area contributed by atoms with Gasteiger partial charge in [-0.1, -0.05) is 27.7 Å². The highest BCUT2D eigenvalue weighted by Crippen LogP contribution is 2.24. The van der Waals surface area contributed by atoms with E-state index in [1.807, 2.05) is 0 Å². The standard InChI is InChI=1S/C12H25N.C10H21N/c1-10(2)8-12-6-5-7-13(9-12)11(3)4;1-8(2)11-6-9(3)5-10(4)7-11/h10-12H,5-9H2,1-4H3;8-10H,5-7H2,1-4H3. The molecular formula is C22H46N2. The second kappa shape index (κ2) is 10.8. The Kier molecular flexibility index (Phi) is 9.89. The van der Waals surface area contributed by atoms with Crippen LogP contribution in [0.3, 0.4) is 0 Å². The van der Waals surface area contributed by atoms with Crippen molar-refractivity contribution in [2.24, 2.45) is 23.7 Å². The molecule has 0 aromatic rings. The molecule has 0 aliphatic carbocycles. The van der Waals surface area contributed by atoms with Gasteiger partial charge in [-0.15, -0.1) is 0 Å². The van der Waals surface area contributed by atoms with Crippen LogP contribution in [0.2, 0.25) is 0 Å². The highest BCUT2D eigenvalue weighted by Gasteiger charge is 2.23. The van der Waals surface area contributed by atoms with Gasteiger partial charge in [-0.2, -0.15) is 0 Å². The Balaban J connectivity index is 0.000000243. The second-order valence-corrected chi connectivity index (χ2v) is 9.72. The molecule has 2 heteroatoms. The predicted octanol–water partition coefficient (Wildman–Crippen LogP) is 5.53. The molecule has 0 saturated carbocycles. The number of rotatable bonds is 4. The molecule has 24 heavy (non-hydrogen) atoms. The van der Waals surface area contributed by atoms with Crippen LogP contribution in [-0.2, 0) is 0 Å². The van der Waals surface area contributed by atoms with Crippen molar-refractivity contribution < 1.29 is 0 Å². The van der Waals surface area contributed by atoms with E-state index in [1.54, 1.807) is 0 Å². The number of hydrogen-bond acceptors (Lipinski definition) is 2. The van der Waals surface area contributed by atoms with Crippen molar-refractivity contribution in [1.29, 1.82) is 0 Å². The Bertz CT molecular complexity index is 314. The van der Waals surface area contributed by atoms with Gasteiger partial charge in [0, 0.05) is 31.7 Å². The molecule has 2 aliphatic rings. The summed E-state index contributed by atoms with van der Waals surface area (Å²) in [6.45, 7) is 23.9. The third kappa shape index (κ3) is 8.34. The molecular weight excluding hydrogens is 292 g/mol. The fraction of sp³-hybridized carbons (Fsp3) is 1.00. The first-order chi connectivity index (χ1) is 11.2. The molecule has 3 atom stereocenters. The topological polar surface area (TPSA) is 6.48 Å². The Hall–Kier alpha value is -0.0800. The minimum Gasteiger partial charge on any atom is -0.301 e. The molecule has 2 fully saturated rings. The molecule has 0 amide bonds. The Morgan fingerprint density at radius 2 is 1.33 bits per heavy atom. The largest absolute Gasteiger partial charge is 0.301 e. The third-order valence-corrected chi connectivity index (χ3v) is 5.71. The van der Waals surface area contributed by atoms with E-state index in [1.165, 1.54) is 51.9 Å². The zero-order chi connectivity index (χ0) is 18.3. The van der Waals surface area contributed by atoms with Crippen molar-refractivity contribution in [1.82, 2.24) is 9.80 Å². The lowest BCUT2D eigenvalue weighted by molar-refractivity contribution is 0.111. The number of nitrogens with zero attached hydrogens (tertiary/aromatic N) is 2. The van der Waals surface area contributed by atoms with Gasteiger partial charge < -0.3 is 9.80 Å². The first-order valence-corrected chi connectivity index (χ1v) is 10.7. The molecule has 3 unspecified atom stereocenters. The number of hydrogen-bond donors (Lipinski definition) is 0. The highest BCUT2D eigenvalue weighted by molar-refractivity contribution is 4.77. The van der Waals surface area contributed by atoms with E-state index in [9.17, 15) is 0 Å². The summed E-state index contributed by atoms with van der Waals surface area (Å²) in [5.41, 5.74) is 0. The molecule has 0 spiro atoms. The van der Waals surface area contributed by atoms with E-state index in [0.717, 1.165) is 35.8 Å². The minimum atomic E-state index is 0.736. The molecule has 0 bridgehead atoms. The molecule has 2 nitrogen and oxygen atoms in total. The maximum absolute atomic E-state index is 2.64. The smallest absolute Gasteiger partial charge is 0.00388 e. The van der Waals surface area contributed by atoms with Gasteiger partial charge in [0.05, 0.1) is 0 Å². The van der Waals surface area contributed by atoms with Crippen LogP contribution in [0, 0.1) is 23.7 Å². The monoisotopic (exact) mass is 338 g/mol. The zero-order valence-corrected chi connectivity index (χ0v) is 18.0. The first-order valence-electron chi connectivity index (χ1n) is 10.7. The van der Waals surface area contributed by atoms with Gasteiger partial charge in [0.25, 0.3) is 0 Å². The van der Waals surface area contributed by atoms with Crippen LogP contribution in [0.1, 0.15) is 81.1 Å². The molecule has 2 saturated heterocycles. The fourth-order valence-corrected chi connectivity index (χ4v) is 4.56. The van der Waals surface area contributed by atoms with Crippen molar-refractivity contribution in [3.05, 3.63) is 0 Å². The van der Waals surface area contributed by atoms with E-state index in [-0.39, 0.29) is 0 Å². The molecule has 0 aromatic heterocycles. The summed E-state index contributed by atoms with van der Waals surface area (Å²) in [7, 11) is 0. The summed E-state index contributed by atoms with van der Waals surface area (Å²) in [6, 6.07) is 1.48. The van der Waals surface area contributed by atoms with E-state index >= 15 is 0 Å². The van der Waals surface area contributed by atoms with Crippen LogP contribution in [0.4, 0.5) is 0 Å². The van der Waals surface area contributed by atoms with Crippen LogP contribution >= 0.6 is 0 Å². The van der Waals surface area contributed by atoms with Crippen molar-refractivity contribution in [2.45, 2.75) is 93.2 Å². The summed E-state index contributed by atoms with van der Waals surface area (Å²) >= 11 is 0. The van der Waals surface area contributed by atoms with Crippen LogP contribution in [0.25, 0.3) is 0 Å². The average molecular weight is 339 g/mol. The fourth-order valence-electron chi connectivity index (χ4n) is 4.56.